The van der Waals surface area contributed by atoms with E-state index >= 15 is 0 Å². The number of aromatic nitrogens is 3. The Kier molecular flexibility index (Phi) is 4.14. The normalized spacial score (nSPS) is 17.5. The van der Waals surface area contributed by atoms with E-state index in [0.29, 0.717) is 12.4 Å². The number of aromatic amines is 1. The van der Waals surface area contributed by atoms with E-state index in [1.54, 1.807) is 6.20 Å². The van der Waals surface area contributed by atoms with Crippen molar-refractivity contribution < 1.29 is 4.79 Å². The Morgan fingerprint density at radius 2 is 1.77 bits per heavy atom. The molecule has 0 saturated carbocycles. The van der Waals surface area contributed by atoms with Crippen molar-refractivity contribution in [2.75, 3.05) is 19.6 Å². The number of fused-ring (bicyclic) bond motifs is 3. The maximum Gasteiger partial charge on any atom is 0.253 e. The minimum Gasteiger partial charge on any atom is -0.356 e. The smallest absolute Gasteiger partial charge is 0.253 e. The van der Waals surface area contributed by atoms with Gasteiger partial charge in [-0.1, -0.05) is 36.4 Å². The number of benzene rings is 2. The van der Waals surface area contributed by atoms with Crippen LogP contribution in [0.25, 0.3) is 33.5 Å². The molecule has 4 aromatic rings. The van der Waals surface area contributed by atoms with Gasteiger partial charge in [0.15, 0.2) is 5.82 Å². The van der Waals surface area contributed by atoms with Crippen molar-refractivity contribution in [3.63, 3.8) is 0 Å². The number of carbonyl (C=O) groups excluding carboxylic acids is 1. The number of hydrogen-bond acceptors (Lipinski definition) is 4. The Bertz CT molecular complexity index is 1300. The first-order valence-corrected chi connectivity index (χ1v) is 10.8. The van der Waals surface area contributed by atoms with Crippen molar-refractivity contribution in [3.05, 3.63) is 72.1 Å². The van der Waals surface area contributed by atoms with Gasteiger partial charge in [0.25, 0.3) is 5.91 Å². The number of H-pyrrole nitrogens is 1. The predicted molar refractivity (Wildman–Crippen MR) is 121 cm³/mol. The fourth-order valence-corrected chi connectivity index (χ4v) is 4.93. The second-order valence-electron chi connectivity index (χ2n) is 8.51. The van der Waals surface area contributed by atoms with Crippen molar-refractivity contribution >= 4 is 16.7 Å². The van der Waals surface area contributed by atoms with Crippen molar-refractivity contribution in [1.29, 1.82) is 0 Å². The first-order chi connectivity index (χ1) is 15.2. The molecule has 3 N–H and O–H groups in total. The van der Waals surface area contributed by atoms with Gasteiger partial charge in [0.1, 0.15) is 0 Å². The molecule has 0 atom stereocenters. The third-order valence-electron chi connectivity index (χ3n) is 6.68. The lowest BCUT2D eigenvalue weighted by molar-refractivity contribution is 0.0913. The lowest BCUT2D eigenvalue weighted by atomic mass is 9.73. The van der Waals surface area contributed by atoms with Gasteiger partial charge in [-0.15, -0.1) is 0 Å². The summed E-state index contributed by atoms with van der Waals surface area (Å²) in [5.74, 6) is 0.669. The van der Waals surface area contributed by atoms with Crippen molar-refractivity contribution in [2.45, 2.75) is 18.3 Å². The van der Waals surface area contributed by atoms with Gasteiger partial charge < -0.3 is 15.6 Å². The van der Waals surface area contributed by atoms with Crippen LogP contribution in [-0.2, 0) is 5.41 Å². The number of nitrogens with zero attached hydrogens (tertiary/aromatic N) is 2. The SMILES string of the molecule is O=C1NCC2(CCNCC2)c2[nH]c(-c3ccnc(-c4ccc5ccccc5c4)n3)cc21. The molecule has 0 unspecified atom stereocenters. The molecule has 6 heteroatoms. The van der Waals surface area contributed by atoms with Gasteiger partial charge in [-0.05, 0) is 54.9 Å². The summed E-state index contributed by atoms with van der Waals surface area (Å²) in [6.07, 6.45) is 3.80. The van der Waals surface area contributed by atoms with Crippen LogP contribution in [-0.4, -0.2) is 40.5 Å². The maximum atomic E-state index is 12.6. The Balaban J connectivity index is 1.42. The van der Waals surface area contributed by atoms with E-state index in [4.69, 9.17) is 4.98 Å². The zero-order valence-corrected chi connectivity index (χ0v) is 17.1. The average molecular weight is 409 g/mol. The Labute approximate surface area is 180 Å². The van der Waals surface area contributed by atoms with E-state index in [9.17, 15) is 4.79 Å². The van der Waals surface area contributed by atoms with Crippen LogP contribution in [0.1, 0.15) is 28.9 Å². The van der Waals surface area contributed by atoms with E-state index in [0.717, 1.165) is 59.5 Å². The van der Waals surface area contributed by atoms with Gasteiger partial charge >= 0.3 is 0 Å². The van der Waals surface area contributed by atoms with E-state index in [2.05, 4.69) is 50.9 Å². The molecule has 1 amide bonds. The zero-order chi connectivity index (χ0) is 20.8. The number of hydrogen-bond donors (Lipinski definition) is 3. The fraction of sp³-hybridized carbons (Fsp3) is 0.240. The highest BCUT2D eigenvalue weighted by molar-refractivity contribution is 5.98. The van der Waals surface area contributed by atoms with E-state index in [1.165, 1.54) is 5.39 Å². The summed E-state index contributed by atoms with van der Waals surface area (Å²) >= 11 is 0. The lowest BCUT2D eigenvalue weighted by Crippen LogP contribution is -2.51. The summed E-state index contributed by atoms with van der Waals surface area (Å²) in [7, 11) is 0. The molecule has 0 radical (unpaired) electrons. The summed E-state index contributed by atoms with van der Waals surface area (Å²) in [6, 6.07) is 18.4. The number of nitrogens with one attached hydrogen (secondary N) is 3. The number of rotatable bonds is 2. The molecule has 154 valence electrons. The number of piperidine rings is 1. The highest BCUT2D eigenvalue weighted by Crippen LogP contribution is 2.39. The molecule has 4 heterocycles. The van der Waals surface area contributed by atoms with E-state index < -0.39 is 0 Å². The largest absolute Gasteiger partial charge is 0.356 e. The summed E-state index contributed by atoms with van der Waals surface area (Å²) in [5.41, 5.74) is 4.41. The van der Waals surface area contributed by atoms with Crippen LogP contribution >= 0.6 is 0 Å². The van der Waals surface area contributed by atoms with Gasteiger partial charge in [0, 0.05) is 29.4 Å². The Hall–Kier alpha value is -3.51. The molecule has 31 heavy (non-hydrogen) atoms. The fourth-order valence-electron chi connectivity index (χ4n) is 4.93. The van der Waals surface area contributed by atoms with Crippen LogP contribution < -0.4 is 10.6 Å². The van der Waals surface area contributed by atoms with Crippen LogP contribution in [0.2, 0.25) is 0 Å². The van der Waals surface area contributed by atoms with Crippen molar-refractivity contribution in [2.24, 2.45) is 0 Å². The molecule has 2 aliphatic rings. The summed E-state index contributed by atoms with van der Waals surface area (Å²) in [5, 5.41) is 8.88. The molecule has 1 fully saturated rings. The van der Waals surface area contributed by atoms with Crippen LogP contribution in [0, 0.1) is 0 Å². The summed E-state index contributed by atoms with van der Waals surface area (Å²) in [4.78, 5) is 25.5. The molecule has 0 bridgehead atoms. The minimum atomic E-state index is -0.0268. The van der Waals surface area contributed by atoms with E-state index in [1.807, 2.05) is 24.3 Å². The second-order valence-corrected chi connectivity index (χ2v) is 8.51. The number of carbonyl (C=O) groups is 1. The number of amides is 1. The first kappa shape index (κ1) is 18.3. The maximum absolute atomic E-state index is 12.6. The van der Waals surface area contributed by atoms with E-state index in [-0.39, 0.29) is 11.3 Å². The van der Waals surface area contributed by atoms with Crippen LogP contribution in [0.5, 0.6) is 0 Å². The molecule has 0 aliphatic carbocycles. The first-order valence-electron chi connectivity index (χ1n) is 10.8. The average Bonchev–Trinajstić information content (AvgIpc) is 3.30. The summed E-state index contributed by atoms with van der Waals surface area (Å²) < 4.78 is 0. The Morgan fingerprint density at radius 3 is 2.65 bits per heavy atom. The van der Waals surface area contributed by atoms with Crippen molar-refractivity contribution in [1.82, 2.24) is 25.6 Å². The highest BCUT2D eigenvalue weighted by atomic mass is 16.1. The van der Waals surface area contributed by atoms with Gasteiger partial charge in [0.2, 0.25) is 0 Å². The third-order valence-corrected chi connectivity index (χ3v) is 6.68. The third kappa shape index (κ3) is 3.02. The van der Waals surface area contributed by atoms with Gasteiger partial charge in [-0.25, -0.2) is 9.97 Å². The van der Waals surface area contributed by atoms with Gasteiger partial charge in [0.05, 0.1) is 17.0 Å². The van der Waals surface area contributed by atoms with Crippen LogP contribution in [0.4, 0.5) is 0 Å². The quantitative estimate of drug-likeness (QED) is 0.472. The predicted octanol–water partition coefficient (Wildman–Crippen LogP) is 3.66. The van der Waals surface area contributed by atoms with Gasteiger partial charge in [-0.3, -0.25) is 4.79 Å². The molecule has 2 aromatic heterocycles. The van der Waals surface area contributed by atoms with Crippen molar-refractivity contribution in [3.8, 4) is 22.8 Å². The van der Waals surface area contributed by atoms with Gasteiger partial charge in [-0.2, -0.15) is 0 Å². The molecule has 1 saturated heterocycles. The molecule has 2 aliphatic heterocycles. The molecule has 2 aromatic carbocycles. The molecule has 6 nitrogen and oxygen atoms in total. The van der Waals surface area contributed by atoms with Crippen LogP contribution in [0.15, 0.2) is 60.8 Å². The zero-order valence-electron chi connectivity index (χ0n) is 17.1. The monoisotopic (exact) mass is 409 g/mol. The molecule has 6 rings (SSSR count). The molecular formula is C25H23N5O. The molecular weight excluding hydrogens is 386 g/mol. The lowest BCUT2D eigenvalue weighted by Gasteiger charge is -2.40. The molecule has 1 spiro atoms. The summed E-state index contributed by atoms with van der Waals surface area (Å²) in [6.45, 7) is 2.61. The highest BCUT2D eigenvalue weighted by Gasteiger charge is 2.42. The van der Waals surface area contributed by atoms with Crippen LogP contribution in [0.3, 0.4) is 0 Å². The second kappa shape index (κ2) is 7.03. The minimum absolute atomic E-state index is 0.00883. The topological polar surface area (TPSA) is 82.7 Å². The Morgan fingerprint density at radius 1 is 0.935 bits per heavy atom. The standard InChI is InChI=1S/C25H23N5O/c31-24-19-14-21(29-22(19)25(15-28-24)8-11-26-12-9-25)20-7-10-27-23(30-20)18-6-5-16-3-1-2-4-17(16)13-18/h1-7,10,13-14,26,29H,8-9,11-12,15H2,(H,28,31).